The first-order chi connectivity index (χ1) is 18.2. The van der Waals surface area contributed by atoms with Crippen molar-refractivity contribution in [2.45, 2.75) is 37.8 Å². The highest BCUT2D eigenvalue weighted by Crippen LogP contribution is 2.29. The normalized spacial score (nSPS) is 14.1. The number of carbonyl (C=O) groups is 1. The molecule has 2 heterocycles. The van der Waals surface area contributed by atoms with Gasteiger partial charge in [0.1, 0.15) is 18.1 Å². The van der Waals surface area contributed by atoms with Gasteiger partial charge in [0.25, 0.3) is 5.91 Å². The Bertz CT molecular complexity index is 1380. The Morgan fingerprint density at radius 3 is 2.61 bits per heavy atom. The Morgan fingerprint density at radius 1 is 1.13 bits per heavy atom. The number of alkyl halides is 1. The number of benzene rings is 2. The summed E-state index contributed by atoms with van der Waals surface area (Å²) >= 11 is 1.51. The molecule has 0 saturated carbocycles. The number of fused-ring (bicyclic) bond motifs is 1. The molecule has 0 spiro atoms. The average molecular weight is 540 g/mol. The van der Waals surface area contributed by atoms with Crippen LogP contribution in [0.4, 0.5) is 21.6 Å². The van der Waals surface area contributed by atoms with Crippen LogP contribution >= 0.6 is 11.3 Å². The maximum absolute atomic E-state index is 14.3. The molecule has 3 atom stereocenters. The molecule has 0 radical (unpaired) electrons. The summed E-state index contributed by atoms with van der Waals surface area (Å²) in [6.07, 6.45) is -1.53. The number of carbonyl (C=O) groups excluding carboxylic acids is 1. The van der Waals surface area contributed by atoms with Crippen LogP contribution in [0.15, 0.2) is 66.3 Å². The summed E-state index contributed by atoms with van der Waals surface area (Å²) in [6, 6.07) is 15.5. The molecule has 2 aromatic heterocycles. The van der Waals surface area contributed by atoms with Crippen LogP contribution in [0.5, 0.6) is 0 Å². The zero-order valence-electron chi connectivity index (χ0n) is 20.9. The molecule has 1 amide bonds. The number of hydrogen-bond donors (Lipinski definition) is 6. The number of halogens is 1. The molecule has 4 aromatic rings. The maximum Gasteiger partial charge on any atom is 0.255 e. The predicted molar refractivity (Wildman–Crippen MR) is 147 cm³/mol. The van der Waals surface area contributed by atoms with Gasteiger partial charge in [-0.3, -0.25) is 4.79 Å². The van der Waals surface area contributed by atoms with Gasteiger partial charge in [0.2, 0.25) is 0 Å². The number of hydrogen-bond acceptors (Lipinski definition) is 9. The van der Waals surface area contributed by atoms with E-state index in [1.54, 1.807) is 35.8 Å². The fourth-order valence-corrected chi connectivity index (χ4v) is 4.48. The van der Waals surface area contributed by atoms with Gasteiger partial charge in [0.05, 0.1) is 51.8 Å². The number of aliphatic hydroxyl groups is 3. The molecule has 11 heteroatoms. The highest BCUT2D eigenvalue weighted by molar-refractivity contribution is 7.16. The second-order valence-corrected chi connectivity index (χ2v) is 10.3. The largest absolute Gasteiger partial charge is 0.394 e. The monoisotopic (exact) mass is 539 g/mol. The lowest BCUT2D eigenvalue weighted by atomic mass is 10.0. The number of pyridine rings is 1. The van der Waals surface area contributed by atoms with Crippen molar-refractivity contribution in [3.8, 4) is 0 Å². The number of nitrogens with one attached hydrogen (secondary N) is 3. The molecule has 0 bridgehead atoms. The van der Waals surface area contributed by atoms with Crippen LogP contribution in [0.25, 0.3) is 10.2 Å². The van der Waals surface area contributed by atoms with Crippen molar-refractivity contribution < 1.29 is 24.5 Å². The summed E-state index contributed by atoms with van der Waals surface area (Å²) in [7, 11) is 0. The SMILES string of the molecule is CC(C)(O)[C@H](F)CNC(=O)c1cnc(Nc2ccc3ncsc3c2)cc1N[C@@H](c1ccccc1)[C@H](O)CO. The zero-order chi connectivity index (χ0) is 27.3. The molecule has 0 unspecified atom stereocenters. The predicted octanol–water partition coefficient (Wildman–Crippen LogP) is 3.78. The third-order valence-electron chi connectivity index (χ3n) is 6.00. The van der Waals surface area contributed by atoms with E-state index in [2.05, 4.69) is 25.9 Å². The molecule has 6 N–H and O–H groups in total. The highest BCUT2D eigenvalue weighted by Gasteiger charge is 2.28. The zero-order valence-corrected chi connectivity index (χ0v) is 21.7. The van der Waals surface area contributed by atoms with Crippen molar-refractivity contribution in [3.05, 3.63) is 77.4 Å². The molecule has 0 aliphatic heterocycles. The van der Waals surface area contributed by atoms with Crippen molar-refractivity contribution in [2.75, 3.05) is 23.8 Å². The van der Waals surface area contributed by atoms with Gasteiger partial charge < -0.3 is 31.3 Å². The van der Waals surface area contributed by atoms with Gasteiger partial charge in [-0.1, -0.05) is 30.3 Å². The van der Waals surface area contributed by atoms with Crippen LogP contribution in [-0.4, -0.2) is 62.2 Å². The highest BCUT2D eigenvalue weighted by atomic mass is 32.1. The number of amides is 1. The number of aromatic nitrogens is 2. The van der Waals surface area contributed by atoms with E-state index < -0.39 is 43.0 Å². The van der Waals surface area contributed by atoms with Crippen LogP contribution in [0.3, 0.4) is 0 Å². The molecule has 9 nitrogen and oxygen atoms in total. The van der Waals surface area contributed by atoms with E-state index in [0.29, 0.717) is 17.1 Å². The van der Waals surface area contributed by atoms with E-state index >= 15 is 0 Å². The smallest absolute Gasteiger partial charge is 0.255 e. The van der Waals surface area contributed by atoms with E-state index in [4.69, 9.17) is 0 Å². The van der Waals surface area contributed by atoms with Gasteiger partial charge in [-0.2, -0.15) is 0 Å². The van der Waals surface area contributed by atoms with Crippen molar-refractivity contribution in [3.63, 3.8) is 0 Å². The molecule has 200 valence electrons. The third-order valence-corrected chi connectivity index (χ3v) is 6.79. The first-order valence-electron chi connectivity index (χ1n) is 12.0. The number of nitrogens with zero attached hydrogens (tertiary/aromatic N) is 2. The standard InChI is InChI=1S/C27H30FN5O4S/c1-27(2,37)23(28)13-30-26(36)18-12-29-24(32-17-8-9-19-22(10-17)38-15-31-19)11-20(18)33-25(21(35)14-34)16-6-4-3-5-7-16/h3-12,15,21,23,25,34-35,37H,13-14H2,1-2H3,(H,30,36)(H2,29,32,33)/t21-,23-,25+/m1/s1. The second-order valence-electron chi connectivity index (χ2n) is 9.39. The molecule has 4 rings (SSSR count). The lowest BCUT2D eigenvalue weighted by Gasteiger charge is -2.26. The summed E-state index contributed by atoms with van der Waals surface area (Å²) in [5.74, 6) is -0.201. The maximum atomic E-state index is 14.3. The molecule has 0 saturated heterocycles. The summed E-state index contributed by atoms with van der Waals surface area (Å²) in [4.78, 5) is 21.7. The third kappa shape index (κ3) is 6.62. The van der Waals surface area contributed by atoms with Gasteiger partial charge in [0, 0.05) is 18.0 Å². The molecule has 2 aromatic carbocycles. The van der Waals surface area contributed by atoms with Crippen LogP contribution in [-0.2, 0) is 0 Å². The first kappa shape index (κ1) is 27.4. The molecular formula is C27H30FN5O4S. The number of aliphatic hydroxyl groups excluding tert-OH is 2. The van der Waals surface area contributed by atoms with Gasteiger partial charge in [-0.15, -0.1) is 11.3 Å². The number of anilines is 3. The van der Waals surface area contributed by atoms with Crippen LogP contribution in [0, 0.1) is 0 Å². The van der Waals surface area contributed by atoms with Crippen molar-refractivity contribution in [1.29, 1.82) is 0 Å². The summed E-state index contributed by atoms with van der Waals surface area (Å²) in [5.41, 5.74) is 2.87. The first-order valence-corrected chi connectivity index (χ1v) is 12.9. The summed E-state index contributed by atoms with van der Waals surface area (Å²) in [5, 5.41) is 39.0. The van der Waals surface area contributed by atoms with E-state index in [-0.39, 0.29) is 5.56 Å². The van der Waals surface area contributed by atoms with E-state index in [9.17, 15) is 24.5 Å². The second kappa shape index (κ2) is 11.8. The summed E-state index contributed by atoms with van der Waals surface area (Å²) < 4.78 is 15.3. The number of rotatable bonds is 11. The quantitative estimate of drug-likeness (QED) is 0.169. The minimum Gasteiger partial charge on any atom is -0.394 e. The Hall–Kier alpha value is -3.64. The minimum atomic E-state index is -1.69. The van der Waals surface area contributed by atoms with Crippen LogP contribution in [0.1, 0.15) is 35.8 Å². The molecule has 0 aliphatic carbocycles. The van der Waals surface area contributed by atoms with Gasteiger partial charge in [0.15, 0.2) is 0 Å². The van der Waals surface area contributed by atoms with Gasteiger partial charge in [-0.05, 0) is 37.6 Å². The average Bonchev–Trinajstić information content (AvgIpc) is 3.38. The van der Waals surface area contributed by atoms with Gasteiger partial charge >= 0.3 is 0 Å². The molecule has 0 aliphatic rings. The fraction of sp³-hybridized carbons (Fsp3) is 0.296. The lowest BCUT2D eigenvalue weighted by molar-refractivity contribution is -0.00177. The van der Waals surface area contributed by atoms with E-state index in [1.807, 2.05) is 24.3 Å². The summed E-state index contributed by atoms with van der Waals surface area (Å²) in [6.45, 7) is 1.72. The number of thiazole rings is 1. The minimum absolute atomic E-state index is 0.0995. The van der Waals surface area contributed by atoms with Crippen molar-refractivity contribution in [2.24, 2.45) is 0 Å². The van der Waals surface area contributed by atoms with Crippen LogP contribution < -0.4 is 16.0 Å². The topological polar surface area (TPSA) is 140 Å². The van der Waals surface area contributed by atoms with E-state index in [0.717, 1.165) is 15.9 Å². The Kier molecular flexibility index (Phi) is 8.52. The molecule has 38 heavy (non-hydrogen) atoms. The lowest BCUT2D eigenvalue weighted by Crippen LogP contribution is -2.42. The Morgan fingerprint density at radius 2 is 1.89 bits per heavy atom. The van der Waals surface area contributed by atoms with E-state index in [1.165, 1.54) is 31.4 Å². The Labute approximate surface area is 223 Å². The van der Waals surface area contributed by atoms with Crippen molar-refractivity contribution >= 4 is 44.7 Å². The van der Waals surface area contributed by atoms with Crippen LogP contribution in [0.2, 0.25) is 0 Å². The van der Waals surface area contributed by atoms with Gasteiger partial charge in [-0.25, -0.2) is 14.4 Å². The molecular weight excluding hydrogens is 509 g/mol. The Balaban J connectivity index is 1.66. The van der Waals surface area contributed by atoms with Crippen molar-refractivity contribution in [1.82, 2.24) is 15.3 Å². The fourth-order valence-electron chi connectivity index (χ4n) is 3.77. The molecule has 0 fully saturated rings.